The van der Waals surface area contributed by atoms with Crippen LogP contribution in [0, 0.1) is 0 Å². The van der Waals surface area contributed by atoms with E-state index in [-0.39, 0.29) is 5.91 Å². The Morgan fingerprint density at radius 1 is 0.821 bits per heavy atom. The Labute approximate surface area is 164 Å². The average molecular weight is 374 g/mol. The van der Waals surface area contributed by atoms with E-state index in [2.05, 4.69) is 10.2 Å². The molecule has 5 heteroatoms. The molecule has 1 saturated heterocycles. The third-order valence-electron chi connectivity index (χ3n) is 4.60. The molecule has 1 N–H and O–H groups in total. The molecule has 0 unspecified atom stereocenters. The number of morpholine rings is 1. The van der Waals surface area contributed by atoms with E-state index in [0.29, 0.717) is 5.56 Å². The third-order valence-corrected chi connectivity index (χ3v) is 4.60. The van der Waals surface area contributed by atoms with Crippen LogP contribution in [-0.2, 0) is 4.74 Å². The Balaban J connectivity index is 1.36. The Kier molecular flexibility index (Phi) is 5.54. The van der Waals surface area contributed by atoms with E-state index in [0.717, 1.165) is 49.2 Å². The van der Waals surface area contributed by atoms with Gasteiger partial charge in [0.2, 0.25) is 0 Å². The van der Waals surface area contributed by atoms with Gasteiger partial charge >= 0.3 is 0 Å². The predicted molar refractivity (Wildman–Crippen MR) is 110 cm³/mol. The molecule has 3 aromatic rings. The van der Waals surface area contributed by atoms with Crippen molar-refractivity contribution in [2.24, 2.45) is 0 Å². The zero-order valence-corrected chi connectivity index (χ0v) is 15.5. The summed E-state index contributed by atoms with van der Waals surface area (Å²) in [5, 5.41) is 2.92. The molecule has 1 aliphatic heterocycles. The molecule has 4 rings (SSSR count). The normalized spacial score (nSPS) is 13.8. The molecule has 5 nitrogen and oxygen atoms in total. The van der Waals surface area contributed by atoms with Crippen molar-refractivity contribution >= 4 is 17.3 Å². The molecular weight excluding hydrogens is 352 g/mol. The molecule has 3 aromatic carbocycles. The number of hydrogen-bond donors (Lipinski definition) is 1. The van der Waals surface area contributed by atoms with Gasteiger partial charge in [-0.15, -0.1) is 0 Å². The number of para-hydroxylation sites is 1. The first-order chi connectivity index (χ1) is 13.8. The van der Waals surface area contributed by atoms with E-state index in [1.165, 1.54) is 0 Å². The van der Waals surface area contributed by atoms with Crippen LogP contribution in [0.25, 0.3) is 0 Å². The molecule has 142 valence electrons. The minimum atomic E-state index is -0.134. The molecule has 28 heavy (non-hydrogen) atoms. The second kappa shape index (κ2) is 8.59. The lowest BCUT2D eigenvalue weighted by Crippen LogP contribution is -2.36. The maximum Gasteiger partial charge on any atom is 0.255 e. The first kappa shape index (κ1) is 18.1. The third kappa shape index (κ3) is 4.50. The van der Waals surface area contributed by atoms with Crippen LogP contribution >= 0.6 is 0 Å². The summed E-state index contributed by atoms with van der Waals surface area (Å²) in [7, 11) is 0. The molecule has 0 spiro atoms. The maximum atomic E-state index is 12.5. The highest BCUT2D eigenvalue weighted by molar-refractivity contribution is 6.04. The van der Waals surface area contributed by atoms with Crippen molar-refractivity contribution in [1.29, 1.82) is 0 Å². The molecule has 1 aliphatic rings. The van der Waals surface area contributed by atoms with E-state index in [1.807, 2.05) is 78.9 Å². The van der Waals surface area contributed by atoms with Crippen LogP contribution in [0.5, 0.6) is 11.5 Å². The highest BCUT2D eigenvalue weighted by Gasteiger charge is 2.12. The lowest BCUT2D eigenvalue weighted by Gasteiger charge is -2.28. The smallest absolute Gasteiger partial charge is 0.255 e. The fourth-order valence-electron chi connectivity index (χ4n) is 3.08. The van der Waals surface area contributed by atoms with Crippen LogP contribution in [0.3, 0.4) is 0 Å². The van der Waals surface area contributed by atoms with E-state index in [9.17, 15) is 4.79 Å². The number of anilines is 2. The van der Waals surface area contributed by atoms with Gasteiger partial charge in [0.25, 0.3) is 5.91 Å². The van der Waals surface area contributed by atoms with E-state index < -0.39 is 0 Å². The molecule has 1 heterocycles. The van der Waals surface area contributed by atoms with Crippen molar-refractivity contribution < 1.29 is 14.3 Å². The predicted octanol–water partition coefficient (Wildman–Crippen LogP) is 4.57. The Morgan fingerprint density at radius 3 is 2.14 bits per heavy atom. The van der Waals surface area contributed by atoms with Gasteiger partial charge in [0, 0.05) is 30.0 Å². The van der Waals surface area contributed by atoms with Crippen LogP contribution in [0.15, 0.2) is 78.9 Å². The zero-order chi connectivity index (χ0) is 19.2. The first-order valence-corrected chi connectivity index (χ1v) is 9.35. The summed E-state index contributed by atoms with van der Waals surface area (Å²) in [6.07, 6.45) is 0. The molecule has 0 radical (unpaired) electrons. The lowest BCUT2D eigenvalue weighted by atomic mass is 10.1. The van der Waals surface area contributed by atoms with Crippen molar-refractivity contribution in [3.63, 3.8) is 0 Å². The highest BCUT2D eigenvalue weighted by atomic mass is 16.5. The monoisotopic (exact) mass is 374 g/mol. The molecule has 1 fully saturated rings. The van der Waals surface area contributed by atoms with E-state index in [4.69, 9.17) is 9.47 Å². The highest BCUT2D eigenvalue weighted by Crippen LogP contribution is 2.23. The van der Waals surface area contributed by atoms with Gasteiger partial charge in [-0.25, -0.2) is 0 Å². The molecule has 0 aromatic heterocycles. The summed E-state index contributed by atoms with van der Waals surface area (Å²) in [5.74, 6) is 1.36. The summed E-state index contributed by atoms with van der Waals surface area (Å²) in [5.41, 5.74) is 2.46. The largest absolute Gasteiger partial charge is 0.457 e. The Bertz CT molecular complexity index is 903. The topological polar surface area (TPSA) is 50.8 Å². The van der Waals surface area contributed by atoms with Crippen molar-refractivity contribution in [3.8, 4) is 11.5 Å². The Hall–Kier alpha value is -3.31. The number of nitrogens with one attached hydrogen (secondary N) is 1. The average Bonchev–Trinajstić information content (AvgIpc) is 2.76. The standard InChI is InChI=1S/C23H22N2O3/c26-23(18-6-10-20(11-7-18)25-14-16-27-17-15-25)24-19-8-12-22(13-9-19)28-21-4-2-1-3-5-21/h1-13H,14-17H2,(H,24,26). The second-order valence-corrected chi connectivity index (χ2v) is 6.54. The first-order valence-electron chi connectivity index (χ1n) is 9.35. The van der Waals surface area contributed by atoms with Crippen LogP contribution in [0.2, 0.25) is 0 Å². The number of nitrogens with zero attached hydrogens (tertiary/aromatic N) is 1. The number of ether oxygens (including phenoxy) is 2. The van der Waals surface area contributed by atoms with E-state index in [1.54, 1.807) is 0 Å². The van der Waals surface area contributed by atoms with Crippen molar-refractivity contribution in [1.82, 2.24) is 0 Å². The number of rotatable bonds is 5. The van der Waals surface area contributed by atoms with Crippen LogP contribution in [0.1, 0.15) is 10.4 Å². The van der Waals surface area contributed by atoms with Gasteiger partial charge in [0.05, 0.1) is 13.2 Å². The Morgan fingerprint density at radius 2 is 1.46 bits per heavy atom. The number of hydrogen-bond acceptors (Lipinski definition) is 4. The van der Waals surface area contributed by atoms with Crippen molar-refractivity contribution in [2.75, 3.05) is 36.5 Å². The minimum Gasteiger partial charge on any atom is -0.457 e. The van der Waals surface area contributed by atoms with Gasteiger partial charge in [-0.2, -0.15) is 0 Å². The summed E-state index contributed by atoms with van der Waals surface area (Å²) < 4.78 is 11.1. The summed E-state index contributed by atoms with van der Waals surface area (Å²) in [6.45, 7) is 3.24. The molecule has 1 amide bonds. The second-order valence-electron chi connectivity index (χ2n) is 6.54. The fourth-order valence-corrected chi connectivity index (χ4v) is 3.08. The van der Waals surface area contributed by atoms with Crippen LogP contribution in [0.4, 0.5) is 11.4 Å². The molecule has 0 aliphatic carbocycles. The zero-order valence-electron chi connectivity index (χ0n) is 15.5. The van der Waals surface area contributed by atoms with Gasteiger partial charge in [0.15, 0.2) is 0 Å². The summed E-state index contributed by atoms with van der Waals surface area (Å²) >= 11 is 0. The van der Waals surface area contributed by atoms with Crippen molar-refractivity contribution in [3.05, 3.63) is 84.4 Å². The number of amides is 1. The summed E-state index contributed by atoms with van der Waals surface area (Å²) in [4.78, 5) is 14.8. The fraction of sp³-hybridized carbons (Fsp3) is 0.174. The van der Waals surface area contributed by atoms with Gasteiger partial charge in [-0.1, -0.05) is 18.2 Å². The van der Waals surface area contributed by atoms with Crippen LogP contribution in [-0.4, -0.2) is 32.2 Å². The number of carbonyl (C=O) groups is 1. The van der Waals surface area contributed by atoms with Crippen molar-refractivity contribution in [2.45, 2.75) is 0 Å². The molecule has 0 saturated carbocycles. The number of carbonyl (C=O) groups excluding carboxylic acids is 1. The van der Waals surface area contributed by atoms with Crippen LogP contribution < -0.4 is 15.0 Å². The van der Waals surface area contributed by atoms with Gasteiger partial charge in [-0.05, 0) is 60.7 Å². The molecule has 0 bridgehead atoms. The molecular formula is C23H22N2O3. The SMILES string of the molecule is O=C(Nc1ccc(Oc2ccccc2)cc1)c1ccc(N2CCOCC2)cc1. The quantitative estimate of drug-likeness (QED) is 0.711. The molecule has 0 atom stereocenters. The minimum absolute atomic E-state index is 0.134. The van der Waals surface area contributed by atoms with Gasteiger partial charge in [-0.3, -0.25) is 4.79 Å². The maximum absolute atomic E-state index is 12.5. The summed E-state index contributed by atoms with van der Waals surface area (Å²) in [6, 6.07) is 24.6. The van der Waals surface area contributed by atoms with Gasteiger partial charge in [0.1, 0.15) is 11.5 Å². The van der Waals surface area contributed by atoms with Gasteiger partial charge < -0.3 is 19.7 Å². The van der Waals surface area contributed by atoms with E-state index >= 15 is 0 Å². The number of benzene rings is 3. The lowest BCUT2D eigenvalue weighted by molar-refractivity contribution is 0.102.